The molecule has 0 bridgehead atoms. The molecule has 3 heteroatoms. The molecule has 0 radical (unpaired) electrons. The fourth-order valence-electron chi connectivity index (χ4n) is 0.555. The fraction of sp³-hybridized carbons (Fsp3) is 0. The Morgan fingerprint density at radius 1 is 1.20 bits per heavy atom. The molecule has 0 saturated heterocycles. The van der Waals surface area contributed by atoms with Gasteiger partial charge < -0.3 is 4.74 Å². The summed E-state index contributed by atoms with van der Waals surface area (Å²) < 4.78 is 4.53. The van der Waals surface area contributed by atoms with Crippen LogP contribution in [0.1, 0.15) is 0 Å². The third-order valence-electron chi connectivity index (χ3n) is 0.927. The summed E-state index contributed by atoms with van der Waals surface area (Å²) in [6.45, 7) is 0.412. The molecule has 0 aromatic heterocycles. The molecule has 0 aliphatic carbocycles. The summed E-state index contributed by atoms with van der Waals surface area (Å²) in [7, 11) is 0. The molecule has 0 atom stereocenters. The molecule has 0 spiro atoms. The third kappa shape index (κ3) is 2.64. The lowest BCUT2D eigenvalue weighted by molar-refractivity contribution is -0.120. The van der Waals surface area contributed by atoms with E-state index in [0.717, 1.165) is 0 Å². The Labute approximate surface area is 69.6 Å². The van der Waals surface area contributed by atoms with E-state index in [1.165, 1.54) is 0 Å². The average Bonchev–Trinajstić information content (AvgIpc) is 1.91. The van der Waals surface area contributed by atoms with Gasteiger partial charge in [-0.15, -0.1) is 17.0 Å². The van der Waals surface area contributed by atoms with Crippen molar-refractivity contribution in [2.24, 2.45) is 0 Å². The molecule has 54 valence electrons. The minimum atomic E-state index is 0. The van der Waals surface area contributed by atoms with Gasteiger partial charge in [0.05, 0.1) is 0 Å². The van der Waals surface area contributed by atoms with Gasteiger partial charge >= 0.3 is 0 Å². The van der Waals surface area contributed by atoms with Crippen molar-refractivity contribution >= 4 is 23.5 Å². The lowest BCUT2D eigenvalue weighted by Crippen LogP contribution is -1.85. The van der Waals surface area contributed by atoms with Gasteiger partial charge in [-0.3, -0.25) is 4.79 Å². The normalized spacial score (nSPS) is 7.60. The van der Waals surface area contributed by atoms with Gasteiger partial charge in [0.1, 0.15) is 5.75 Å². The van der Waals surface area contributed by atoms with Crippen molar-refractivity contribution in [1.82, 2.24) is 0 Å². The Bertz CT molecular complexity index is 186. The highest BCUT2D eigenvalue weighted by Crippen LogP contribution is 2.05. The largest absolute Gasteiger partial charge is 0.429 e. The van der Waals surface area contributed by atoms with E-state index >= 15 is 0 Å². The predicted molar refractivity (Wildman–Crippen MR) is 43.5 cm³/mol. The van der Waals surface area contributed by atoms with Crippen molar-refractivity contribution in [2.75, 3.05) is 0 Å². The van der Waals surface area contributed by atoms with Crippen molar-refractivity contribution in [2.45, 2.75) is 0 Å². The van der Waals surface area contributed by atoms with Gasteiger partial charge in [0.25, 0.3) is 6.47 Å². The highest BCUT2D eigenvalue weighted by atomic mass is 79.9. The SMILES string of the molecule is Br.O=COc1ccccc1. The van der Waals surface area contributed by atoms with Crippen LogP contribution in [0.25, 0.3) is 0 Å². The molecular weight excluding hydrogens is 196 g/mol. The summed E-state index contributed by atoms with van der Waals surface area (Å²) >= 11 is 0. The summed E-state index contributed by atoms with van der Waals surface area (Å²) in [6.07, 6.45) is 0. The van der Waals surface area contributed by atoms with E-state index in [4.69, 9.17) is 0 Å². The van der Waals surface area contributed by atoms with Crippen LogP contribution < -0.4 is 4.74 Å². The Morgan fingerprint density at radius 2 is 1.80 bits per heavy atom. The van der Waals surface area contributed by atoms with Crippen LogP contribution in [0.3, 0.4) is 0 Å². The second kappa shape index (κ2) is 4.99. The maximum absolute atomic E-state index is 9.75. The van der Waals surface area contributed by atoms with Crippen molar-refractivity contribution in [3.8, 4) is 5.75 Å². The van der Waals surface area contributed by atoms with E-state index in [1.54, 1.807) is 24.3 Å². The second-order valence-electron chi connectivity index (χ2n) is 1.53. The molecule has 10 heavy (non-hydrogen) atoms. The monoisotopic (exact) mass is 202 g/mol. The maximum Gasteiger partial charge on any atom is 0.298 e. The van der Waals surface area contributed by atoms with Crippen molar-refractivity contribution < 1.29 is 9.53 Å². The molecule has 0 saturated carbocycles. The molecule has 0 aliphatic rings. The van der Waals surface area contributed by atoms with Gasteiger partial charge in [0.15, 0.2) is 0 Å². The lowest BCUT2D eigenvalue weighted by atomic mass is 10.3. The number of para-hydroxylation sites is 1. The molecule has 0 aliphatic heterocycles. The van der Waals surface area contributed by atoms with E-state index in [1.807, 2.05) is 6.07 Å². The molecular formula is C7H7BrO2. The van der Waals surface area contributed by atoms with Crippen molar-refractivity contribution in [3.63, 3.8) is 0 Å². The number of halogens is 1. The first kappa shape index (κ1) is 9.17. The Balaban J connectivity index is 0.000000810. The van der Waals surface area contributed by atoms with Crippen LogP contribution in [-0.4, -0.2) is 6.47 Å². The van der Waals surface area contributed by atoms with Gasteiger partial charge in [-0.05, 0) is 12.1 Å². The molecule has 0 N–H and O–H groups in total. The molecule has 2 nitrogen and oxygen atoms in total. The van der Waals surface area contributed by atoms with Crippen LogP contribution in [0.5, 0.6) is 5.75 Å². The standard InChI is InChI=1S/C7H6O2.BrH/c8-6-9-7-4-2-1-3-5-7;/h1-6H;1H. The number of hydrogen-bond donors (Lipinski definition) is 0. The summed E-state index contributed by atoms with van der Waals surface area (Å²) in [4.78, 5) is 9.75. The number of ether oxygens (including phenoxy) is 1. The number of carbonyl (C=O) groups excluding carboxylic acids is 1. The first-order chi connectivity index (χ1) is 4.43. The topological polar surface area (TPSA) is 26.3 Å². The number of hydrogen-bond acceptors (Lipinski definition) is 2. The van der Waals surface area contributed by atoms with Gasteiger partial charge in [0, 0.05) is 0 Å². The summed E-state index contributed by atoms with van der Waals surface area (Å²) in [6, 6.07) is 8.90. The van der Waals surface area contributed by atoms with Crippen LogP contribution in [0.4, 0.5) is 0 Å². The minimum Gasteiger partial charge on any atom is -0.429 e. The van der Waals surface area contributed by atoms with Crippen molar-refractivity contribution in [1.29, 1.82) is 0 Å². The highest BCUT2D eigenvalue weighted by molar-refractivity contribution is 8.93. The van der Waals surface area contributed by atoms with Crippen LogP contribution >= 0.6 is 17.0 Å². The van der Waals surface area contributed by atoms with Gasteiger partial charge in [-0.1, -0.05) is 18.2 Å². The van der Waals surface area contributed by atoms with E-state index in [-0.39, 0.29) is 17.0 Å². The molecule has 0 amide bonds. The number of benzene rings is 1. The van der Waals surface area contributed by atoms with E-state index in [9.17, 15) is 4.79 Å². The molecule has 1 rings (SSSR count). The van der Waals surface area contributed by atoms with Crippen LogP contribution in [0.15, 0.2) is 30.3 Å². The summed E-state index contributed by atoms with van der Waals surface area (Å²) in [5.41, 5.74) is 0. The number of rotatable bonds is 2. The summed E-state index contributed by atoms with van der Waals surface area (Å²) in [5.74, 6) is 0.576. The second-order valence-corrected chi connectivity index (χ2v) is 1.53. The first-order valence-corrected chi connectivity index (χ1v) is 2.59. The quantitative estimate of drug-likeness (QED) is 0.685. The lowest BCUT2D eigenvalue weighted by Gasteiger charge is -1.92. The highest BCUT2D eigenvalue weighted by Gasteiger charge is 1.84. The zero-order valence-corrected chi connectivity index (χ0v) is 6.90. The maximum atomic E-state index is 9.75. The van der Waals surface area contributed by atoms with Crippen LogP contribution in [0.2, 0.25) is 0 Å². The van der Waals surface area contributed by atoms with Gasteiger partial charge in [-0.2, -0.15) is 0 Å². The fourth-order valence-corrected chi connectivity index (χ4v) is 0.555. The first-order valence-electron chi connectivity index (χ1n) is 2.59. The zero-order valence-electron chi connectivity index (χ0n) is 5.19. The number of carbonyl (C=O) groups is 1. The van der Waals surface area contributed by atoms with Crippen LogP contribution in [0, 0.1) is 0 Å². The van der Waals surface area contributed by atoms with Gasteiger partial charge in [-0.25, -0.2) is 0 Å². The Morgan fingerprint density at radius 3 is 2.30 bits per heavy atom. The summed E-state index contributed by atoms with van der Waals surface area (Å²) in [5, 5.41) is 0. The molecule has 0 unspecified atom stereocenters. The van der Waals surface area contributed by atoms with Gasteiger partial charge in [0.2, 0.25) is 0 Å². The molecule has 0 heterocycles. The van der Waals surface area contributed by atoms with Crippen molar-refractivity contribution in [3.05, 3.63) is 30.3 Å². The van der Waals surface area contributed by atoms with E-state index in [0.29, 0.717) is 12.2 Å². The minimum absolute atomic E-state index is 0. The Kier molecular flexibility index (Phi) is 4.58. The molecule has 0 fully saturated rings. The predicted octanol–water partition coefficient (Wildman–Crippen LogP) is 1.80. The van der Waals surface area contributed by atoms with E-state index in [2.05, 4.69) is 4.74 Å². The average molecular weight is 203 g/mol. The smallest absolute Gasteiger partial charge is 0.298 e. The zero-order chi connectivity index (χ0) is 6.53. The Hall–Kier alpha value is -0.830. The molecule has 1 aromatic rings. The molecule has 1 aromatic carbocycles. The van der Waals surface area contributed by atoms with E-state index < -0.39 is 0 Å². The van der Waals surface area contributed by atoms with Crippen LogP contribution in [-0.2, 0) is 4.79 Å². The third-order valence-corrected chi connectivity index (χ3v) is 0.927.